The predicted octanol–water partition coefficient (Wildman–Crippen LogP) is 1.25. The van der Waals surface area contributed by atoms with Crippen LogP contribution in [0.25, 0.3) is 0 Å². The van der Waals surface area contributed by atoms with Crippen LogP contribution in [0.15, 0.2) is 0 Å². The molecule has 0 N–H and O–H groups in total. The number of nitrogens with zero attached hydrogens (tertiary/aromatic N) is 3. The minimum absolute atomic E-state index is 0.00245. The molecule has 22 heavy (non-hydrogen) atoms. The molecule has 0 fully saturated rings. The number of carbonyl (C=O) groups is 1. The molecule has 1 heterocycles. The van der Waals surface area contributed by atoms with Crippen molar-refractivity contribution in [2.45, 2.75) is 46.6 Å². The van der Waals surface area contributed by atoms with E-state index in [0.29, 0.717) is 19.4 Å². The standard InChI is InChI=1S/C15H27N3O3S/c1-7-18(11(2)10-22(6,20)21)15(19)9-8-14-12(3)16-17(5)13(14)4/h11H,7-10H2,1-6H3/t11-/m0/s1. The van der Waals surface area contributed by atoms with Gasteiger partial charge in [-0.2, -0.15) is 5.10 Å². The molecule has 1 amide bonds. The van der Waals surface area contributed by atoms with Crippen molar-refractivity contribution in [2.24, 2.45) is 7.05 Å². The monoisotopic (exact) mass is 329 g/mol. The highest BCUT2D eigenvalue weighted by Gasteiger charge is 2.22. The molecule has 0 bridgehead atoms. The first-order valence-corrected chi connectivity index (χ1v) is 9.59. The largest absolute Gasteiger partial charge is 0.339 e. The number of carbonyl (C=O) groups excluding carboxylic acids is 1. The van der Waals surface area contributed by atoms with Gasteiger partial charge in [0.2, 0.25) is 5.91 Å². The van der Waals surface area contributed by atoms with E-state index < -0.39 is 9.84 Å². The van der Waals surface area contributed by atoms with Gasteiger partial charge in [0.25, 0.3) is 0 Å². The third kappa shape index (κ3) is 4.83. The van der Waals surface area contributed by atoms with Crippen LogP contribution in [0.5, 0.6) is 0 Å². The fourth-order valence-electron chi connectivity index (χ4n) is 2.82. The van der Waals surface area contributed by atoms with Crippen LogP contribution in [-0.2, 0) is 28.1 Å². The van der Waals surface area contributed by atoms with Crippen LogP contribution in [0.4, 0.5) is 0 Å². The van der Waals surface area contributed by atoms with Gasteiger partial charge < -0.3 is 4.90 Å². The van der Waals surface area contributed by atoms with Crippen LogP contribution < -0.4 is 0 Å². The fourth-order valence-corrected chi connectivity index (χ4v) is 3.87. The highest BCUT2D eigenvalue weighted by atomic mass is 32.2. The molecular weight excluding hydrogens is 302 g/mol. The van der Waals surface area contributed by atoms with Crippen LogP contribution in [-0.4, -0.2) is 53.6 Å². The number of aryl methyl sites for hydroxylation is 2. The van der Waals surface area contributed by atoms with E-state index in [1.54, 1.807) is 11.8 Å². The maximum atomic E-state index is 12.4. The Labute approximate surface area is 133 Å². The Kier molecular flexibility index (Phi) is 6.17. The van der Waals surface area contributed by atoms with Crippen LogP contribution >= 0.6 is 0 Å². The van der Waals surface area contributed by atoms with Crippen LogP contribution in [0.3, 0.4) is 0 Å². The van der Waals surface area contributed by atoms with Crippen LogP contribution in [0.1, 0.15) is 37.2 Å². The maximum Gasteiger partial charge on any atom is 0.223 e. The third-order valence-electron chi connectivity index (χ3n) is 3.98. The smallest absolute Gasteiger partial charge is 0.223 e. The minimum Gasteiger partial charge on any atom is -0.339 e. The highest BCUT2D eigenvalue weighted by Crippen LogP contribution is 2.15. The minimum atomic E-state index is -3.10. The molecule has 0 aliphatic carbocycles. The van der Waals surface area contributed by atoms with E-state index in [0.717, 1.165) is 17.0 Å². The molecule has 126 valence electrons. The summed E-state index contributed by atoms with van der Waals surface area (Å²) in [5.74, 6) is -0.0151. The summed E-state index contributed by atoms with van der Waals surface area (Å²) in [6.45, 7) is 8.10. The lowest BCUT2D eigenvalue weighted by Gasteiger charge is -2.27. The molecule has 0 saturated heterocycles. The Bertz CT molecular complexity index is 635. The number of amides is 1. The lowest BCUT2D eigenvalue weighted by molar-refractivity contribution is -0.132. The summed E-state index contributed by atoms with van der Waals surface area (Å²) in [4.78, 5) is 14.0. The van der Waals surface area contributed by atoms with Crippen molar-refractivity contribution >= 4 is 15.7 Å². The molecular formula is C15H27N3O3S. The van der Waals surface area contributed by atoms with E-state index in [1.807, 2.05) is 32.5 Å². The van der Waals surface area contributed by atoms with Gasteiger partial charge in [-0.15, -0.1) is 0 Å². The molecule has 0 radical (unpaired) electrons. The molecule has 0 spiro atoms. The van der Waals surface area contributed by atoms with Gasteiger partial charge in [-0.1, -0.05) is 0 Å². The van der Waals surface area contributed by atoms with Crippen molar-refractivity contribution in [2.75, 3.05) is 18.6 Å². The molecule has 1 aromatic rings. The average molecular weight is 329 g/mol. The zero-order chi connectivity index (χ0) is 17.1. The maximum absolute atomic E-state index is 12.4. The molecule has 1 aromatic heterocycles. The number of hydrogen-bond acceptors (Lipinski definition) is 4. The van der Waals surface area contributed by atoms with E-state index >= 15 is 0 Å². The summed E-state index contributed by atoms with van der Waals surface area (Å²) >= 11 is 0. The van der Waals surface area contributed by atoms with Crippen molar-refractivity contribution in [1.29, 1.82) is 0 Å². The number of sulfone groups is 1. The molecule has 1 rings (SSSR count). The van der Waals surface area contributed by atoms with Gasteiger partial charge in [-0.25, -0.2) is 8.42 Å². The molecule has 0 saturated carbocycles. The van der Waals surface area contributed by atoms with E-state index in [1.165, 1.54) is 6.26 Å². The lowest BCUT2D eigenvalue weighted by Crippen LogP contribution is -2.42. The first-order valence-electron chi connectivity index (χ1n) is 7.53. The molecule has 0 unspecified atom stereocenters. The van der Waals surface area contributed by atoms with Crippen molar-refractivity contribution in [3.63, 3.8) is 0 Å². The second-order valence-corrected chi connectivity index (χ2v) is 8.08. The normalized spacial score (nSPS) is 13.2. The van der Waals surface area contributed by atoms with Crippen LogP contribution in [0.2, 0.25) is 0 Å². The topological polar surface area (TPSA) is 72.3 Å². The number of hydrogen-bond donors (Lipinski definition) is 0. The quantitative estimate of drug-likeness (QED) is 0.755. The Morgan fingerprint density at radius 3 is 2.36 bits per heavy atom. The number of rotatable bonds is 7. The van der Waals surface area contributed by atoms with Gasteiger partial charge in [0.05, 0.1) is 11.4 Å². The summed E-state index contributed by atoms with van der Waals surface area (Å²) in [5.41, 5.74) is 3.11. The van der Waals surface area contributed by atoms with Gasteiger partial charge in [-0.3, -0.25) is 9.48 Å². The zero-order valence-electron chi connectivity index (χ0n) is 14.4. The van der Waals surface area contributed by atoms with E-state index in [2.05, 4.69) is 5.10 Å². The third-order valence-corrected chi connectivity index (χ3v) is 5.07. The molecule has 1 atom stereocenters. The van der Waals surface area contributed by atoms with Gasteiger partial charge in [-0.05, 0) is 39.7 Å². The highest BCUT2D eigenvalue weighted by molar-refractivity contribution is 7.90. The zero-order valence-corrected chi connectivity index (χ0v) is 15.2. The molecule has 7 heteroatoms. The average Bonchev–Trinajstić information content (AvgIpc) is 2.60. The van der Waals surface area contributed by atoms with Gasteiger partial charge >= 0.3 is 0 Å². The summed E-state index contributed by atoms with van der Waals surface area (Å²) in [5, 5.41) is 4.35. The second-order valence-electron chi connectivity index (χ2n) is 5.89. The first kappa shape index (κ1) is 18.7. The summed E-state index contributed by atoms with van der Waals surface area (Å²) in [6.07, 6.45) is 2.20. The van der Waals surface area contributed by atoms with Gasteiger partial charge in [0.15, 0.2) is 0 Å². The Morgan fingerprint density at radius 1 is 1.36 bits per heavy atom. The van der Waals surface area contributed by atoms with Crippen molar-refractivity contribution in [3.8, 4) is 0 Å². The summed E-state index contributed by atoms with van der Waals surface area (Å²) < 4.78 is 24.6. The Morgan fingerprint density at radius 2 is 1.95 bits per heavy atom. The summed E-state index contributed by atoms with van der Waals surface area (Å²) in [6, 6.07) is -0.302. The van der Waals surface area contributed by atoms with Gasteiger partial charge in [0.1, 0.15) is 9.84 Å². The van der Waals surface area contributed by atoms with Crippen molar-refractivity contribution in [1.82, 2.24) is 14.7 Å². The van der Waals surface area contributed by atoms with E-state index in [-0.39, 0.29) is 17.7 Å². The fraction of sp³-hybridized carbons (Fsp3) is 0.733. The first-order chi connectivity index (χ1) is 10.1. The number of aromatic nitrogens is 2. The Hall–Kier alpha value is -1.37. The van der Waals surface area contributed by atoms with E-state index in [9.17, 15) is 13.2 Å². The van der Waals surface area contributed by atoms with Crippen molar-refractivity contribution in [3.05, 3.63) is 17.0 Å². The Balaban J connectivity index is 2.73. The SMILES string of the molecule is CCN(C(=O)CCc1c(C)nn(C)c1C)[C@@H](C)CS(C)(=O)=O. The van der Waals surface area contributed by atoms with E-state index in [4.69, 9.17) is 0 Å². The molecule has 6 nitrogen and oxygen atoms in total. The predicted molar refractivity (Wildman–Crippen MR) is 87.6 cm³/mol. The van der Waals surface area contributed by atoms with Gasteiger partial charge in [0, 0.05) is 38.0 Å². The molecule has 0 aromatic carbocycles. The molecule has 0 aliphatic heterocycles. The second kappa shape index (κ2) is 7.26. The summed E-state index contributed by atoms with van der Waals surface area (Å²) in [7, 11) is -1.21. The molecule has 0 aliphatic rings. The van der Waals surface area contributed by atoms with Crippen molar-refractivity contribution < 1.29 is 13.2 Å². The van der Waals surface area contributed by atoms with Crippen LogP contribution in [0, 0.1) is 13.8 Å². The lowest BCUT2D eigenvalue weighted by atomic mass is 10.1.